The van der Waals surface area contributed by atoms with Gasteiger partial charge in [0.25, 0.3) is 5.91 Å². The Morgan fingerprint density at radius 3 is 2.18 bits per heavy atom. The predicted octanol–water partition coefficient (Wildman–Crippen LogP) is 3.96. The van der Waals surface area contributed by atoms with Gasteiger partial charge in [-0.1, -0.05) is 18.2 Å². The second-order valence-electron chi connectivity index (χ2n) is 7.92. The van der Waals surface area contributed by atoms with Gasteiger partial charge < -0.3 is 10.1 Å². The molecular formula is C24H19F3N2O5. The number of anilines is 2. The highest BCUT2D eigenvalue weighted by Gasteiger charge is 2.47. The lowest BCUT2D eigenvalue weighted by molar-refractivity contribution is -0.137. The topological polar surface area (TPSA) is 92.8 Å². The number of benzene rings is 2. The van der Waals surface area contributed by atoms with Crippen molar-refractivity contribution in [1.82, 2.24) is 0 Å². The third-order valence-corrected chi connectivity index (χ3v) is 5.68. The first-order chi connectivity index (χ1) is 16.1. The van der Waals surface area contributed by atoms with E-state index in [0.29, 0.717) is 18.5 Å². The number of ether oxygens (including phenoxy) is 1. The van der Waals surface area contributed by atoms with Crippen molar-refractivity contribution in [3.05, 3.63) is 71.8 Å². The van der Waals surface area contributed by atoms with E-state index in [0.717, 1.165) is 23.1 Å². The molecular weight excluding hydrogens is 453 g/mol. The van der Waals surface area contributed by atoms with E-state index >= 15 is 0 Å². The summed E-state index contributed by atoms with van der Waals surface area (Å²) in [4.78, 5) is 50.6. The van der Waals surface area contributed by atoms with E-state index in [1.807, 2.05) is 12.2 Å². The number of hydrogen-bond donors (Lipinski definition) is 1. The number of nitrogens with zero attached hydrogens (tertiary/aromatic N) is 1. The number of halogens is 3. The monoisotopic (exact) mass is 472 g/mol. The molecule has 2 aliphatic rings. The number of fused-ring (bicyclic) bond motifs is 1. The van der Waals surface area contributed by atoms with Crippen molar-refractivity contribution in [2.45, 2.75) is 19.0 Å². The molecule has 3 amide bonds. The molecule has 10 heteroatoms. The van der Waals surface area contributed by atoms with Crippen LogP contribution in [0, 0.1) is 11.8 Å². The van der Waals surface area contributed by atoms with E-state index in [9.17, 15) is 32.3 Å². The zero-order valence-electron chi connectivity index (χ0n) is 17.7. The van der Waals surface area contributed by atoms with E-state index in [-0.39, 0.29) is 34.9 Å². The highest BCUT2D eigenvalue weighted by molar-refractivity contribution is 6.22. The molecule has 1 heterocycles. The van der Waals surface area contributed by atoms with Gasteiger partial charge >= 0.3 is 12.1 Å². The number of nitrogens with one attached hydrogen (secondary N) is 1. The van der Waals surface area contributed by atoms with Crippen LogP contribution < -0.4 is 10.2 Å². The van der Waals surface area contributed by atoms with Gasteiger partial charge in [-0.2, -0.15) is 13.2 Å². The maximum Gasteiger partial charge on any atom is 0.416 e. The zero-order valence-corrected chi connectivity index (χ0v) is 17.7. The van der Waals surface area contributed by atoms with E-state index in [1.54, 1.807) is 0 Å². The van der Waals surface area contributed by atoms with E-state index in [4.69, 9.17) is 4.74 Å². The molecule has 1 aliphatic heterocycles. The molecule has 1 aliphatic carbocycles. The Labute approximate surface area is 192 Å². The van der Waals surface area contributed by atoms with Crippen LogP contribution in [0.25, 0.3) is 0 Å². The van der Waals surface area contributed by atoms with Gasteiger partial charge in [-0.3, -0.25) is 19.3 Å². The van der Waals surface area contributed by atoms with E-state index < -0.39 is 30.2 Å². The third-order valence-electron chi connectivity index (χ3n) is 5.68. The number of carbonyl (C=O) groups is 4. The van der Waals surface area contributed by atoms with Crippen LogP contribution in [-0.2, 0) is 25.3 Å². The maximum atomic E-state index is 12.8. The maximum absolute atomic E-state index is 12.8. The summed E-state index contributed by atoms with van der Waals surface area (Å²) in [6, 6.07) is 9.68. The molecule has 1 N–H and O–H groups in total. The van der Waals surface area contributed by atoms with Crippen molar-refractivity contribution in [3.8, 4) is 0 Å². The van der Waals surface area contributed by atoms with E-state index in [1.165, 1.54) is 30.3 Å². The molecule has 2 atom stereocenters. The molecule has 0 saturated carbocycles. The summed E-state index contributed by atoms with van der Waals surface area (Å²) in [6.45, 7) is -0.712. The Hall–Kier alpha value is -3.95. The Morgan fingerprint density at radius 1 is 0.971 bits per heavy atom. The largest absolute Gasteiger partial charge is 0.452 e. The van der Waals surface area contributed by atoms with Gasteiger partial charge in [0.15, 0.2) is 6.61 Å². The molecule has 0 bridgehead atoms. The number of imide groups is 1. The van der Waals surface area contributed by atoms with Gasteiger partial charge in [0.2, 0.25) is 11.8 Å². The van der Waals surface area contributed by atoms with Gasteiger partial charge in [0.1, 0.15) is 0 Å². The average Bonchev–Trinajstić information content (AvgIpc) is 3.07. The first-order valence-electron chi connectivity index (χ1n) is 10.4. The van der Waals surface area contributed by atoms with Crippen LogP contribution in [0.1, 0.15) is 28.8 Å². The molecule has 0 aromatic heterocycles. The molecule has 0 unspecified atom stereocenters. The number of amides is 3. The Kier molecular flexibility index (Phi) is 6.23. The summed E-state index contributed by atoms with van der Waals surface area (Å²) >= 11 is 0. The average molecular weight is 472 g/mol. The molecule has 176 valence electrons. The SMILES string of the molecule is O=C(COC(=O)c1ccc(N2C(=O)[C@H]3CC=CC[C@H]3C2=O)cc1)Nc1cccc(C(F)(F)F)c1. The fourth-order valence-electron chi connectivity index (χ4n) is 3.99. The normalized spacial score (nSPS) is 19.7. The quantitative estimate of drug-likeness (QED) is 0.404. The molecule has 7 nitrogen and oxygen atoms in total. The molecule has 1 saturated heterocycles. The third kappa shape index (κ3) is 4.70. The number of carbonyl (C=O) groups excluding carboxylic acids is 4. The molecule has 0 spiro atoms. The summed E-state index contributed by atoms with van der Waals surface area (Å²) in [5.74, 6) is -2.96. The van der Waals surface area contributed by atoms with Gasteiger partial charge in [-0.25, -0.2) is 4.79 Å². The summed E-state index contributed by atoms with van der Waals surface area (Å²) in [5, 5.41) is 2.24. The van der Waals surface area contributed by atoms with E-state index in [2.05, 4.69) is 5.32 Å². The van der Waals surface area contributed by atoms with Crippen LogP contribution in [0.4, 0.5) is 24.5 Å². The first kappa shape index (κ1) is 23.2. The fourth-order valence-corrected chi connectivity index (χ4v) is 3.99. The number of rotatable bonds is 5. The summed E-state index contributed by atoms with van der Waals surface area (Å²) < 4.78 is 43.2. The van der Waals surface area contributed by atoms with Crippen molar-refractivity contribution >= 4 is 35.1 Å². The lowest BCUT2D eigenvalue weighted by Crippen LogP contribution is -2.30. The minimum Gasteiger partial charge on any atom is -0.452 e. The van der Waals surface area contributed by atoms with Crippen molar-refractivity contribution in [2.75, 3.05) is 16.8 Å². The molecule has 34 heavy (non-hydrogen) atoms. The van der Waals surface area contributed by atoms with Crippen molar-refractivity contribution in [3.63, 3.8) is 0 Å². The van der Waals surface area contributed by atoms with Gasteiger partial charge in [-0.05, 0) is 55.3 Å². The lowest BCUT2D eigenvalue weighted by Gasteiger charge is -2.15. The Bertz CT molecular complexity index is 1150. The second-order valence-corrected chi connectivity index (χ2v) is 7.92. The van der Waals surface area contributed by atoms with Crippen LogP contribution in [-0.4, -0.2) is 30.3 Å². The smallest absolute Gasteiger partial charge is 0.416 e. The Morgan fingerprint density at radius 2 is 1.59 bits per heavy atom. The number of allylic oxidation sites excluding steroid dienone is 2. The molecule has 2 aromatic rings. The van der Waals surface area contributed by atoms with Gasteiger partial charge in [0.05, 0.1) is 28.7 Å². The van der Waals surface area contributed by atoms with Gasteiger partial charge in [-0.15, -0.1) is 0 Å². The minimum absolute atomic E-state index is 0.0776. The first-order valence-corrected chi connectivity index (χ1v) is 10.4. The van der Waals surface area contributed by atoms with Crippen LogP contribution in [0.15, 0.2) is 60.7 Å². The lowest BCUT2D eigenvalue weighted by atomic mass is 9.85. The molecule has 0 radical (unpaired) electrons. The van der Waals surface area contributed by atoms with Crippen molar-refractivity contribution in [2.24, 2.45) is 11.8 Å². The Balaban J connectivity index is 1.34. The summed E-state index contributed by atoms with van der Waals surface area (Å²) in [6.07, 6.45) is 0.242. The van der Waals surface area contributed by atoms with Crippen LogP contribution in [0.3, 0.4) is 0 Å². The van der Waals surface area contributed by atoms with Crippen molar-refractivity contribution < 1.29 is 37.1 Å². The second kappa shape index (κ2) is 9.12. The number of hydrogen-bond acceptors (Lipinski definition) is 5. The summed E-state index contributed by atoms with van der Waals surface area (Å²) in [7, 11) is 0. The highest BCUT2D eigenvalue weighted by Crippen LogP contribution is 2.37. The van der Waals surface area contributed by atoms with Gasteiger partial charge in [0, 0.05) is 5.69 Å². The molecule has 2 aromatic carbocycles. The number of esters is 1. The standard InChI is InChI=1S/C24H19F3N2O5/c25-24(26,27)15-4-3-5-16(12-15)28-20(30)13-34-23(33)14-8-10-17(11-9-14)29-21(31)18-6-1-2-7-19(18)22(29)32/h1-5,8-12,18-19H,6-7,13H2,(H,28,30)/t18-,19+. The zero-order chi connectivity index (χ0) is 24.5. The minimum atomic E-state index is -4.56. The van der Waals surface area contributed by atoms with Crippen LogP contribution in [0.5, 0.6) is 0 Å². The van der Waals surface area contributed by atoms with Crippen molar-refractivity contribution in [1.29, 1.82) is 0 Å². The van der Waals surface area contributed by atoms with Crippen LogP contribution >= 0.6 is 0 Å². The van der Waals surface area contributed by atoms with Crippen LogP contribution in [0.2, 0.25) is 0 Å². The highest BCUT2D eigenvalue weighted by atomic mass is 19.4. The molecule has 4 rings (SSSR count). The summed E-state index contributed by atoms with van der Waals surface area (Å²) in [5.41, 5.74) is -0.596. The number of alkyl halides is 3. The predicted molar refractivity (Wildman–Crippen MR) is 115 cm³/mol. The fraction of sp³-hybridized carbons (Fsp3) is 0.250. The molecule has 1 fully saturated rings.